The number of nitrogens with two attached hydrogens (primary N) is 1. The number of carbonyl (C=O) groups is 1. The zero-order valence-electron chi connectivity index (χ0n) is 10.4. The van der Waals surface area contributed by atoms with Crippen LogP contribution in [0, 0.1) is 5.92 Å². The zero-order valence-corrected chi connectivity index (χ0v) is 10.4. The van der Waals surface area contributed by atoms with Gasteiger partial charge in [0.05, 0.1) is 6.54 Å². The molecular weight excluding hydrogens is 230 g/mol. The smallest absolute Gasteiger partial charge is 0.240 e. The molecule has 98 valence electrons. The van der Waals surface area contributed by atoms with Crippen molar-refractivity contribution >= 4 is 11.9 Å². The third kappa shape index (κ3) is 3.75. The lowest BCUT2D eigenvalue weighted by Crippen LogP contribution is -2.42. The second-order valence-electron chi connectivity index (χ2n) is 4.60. The first-order valence-corrected chi connectivity index (χ1v) is 6.27. The molecule has 6 nitrogen and oxygen atoms in total. The van der Waals surface area contributed by atoms with Crippen molar-refractivity contribution in [3.8, 4) is 0 Å². The van der Waals surface area contributed by atoms with E-state index in [9.17, 15) is 4.79 Å². The summed E-state index contributed by atoms with van der Waals surface area (Å²) in [5.41, 5.74) is 5.67. The molecule has 1 unspecified atom stereocenters. The van der Waals surface area contributed by atoms with Gasteiger partial charge in [-0.2, -0.15) is 0 Å². The highest BCUT2D eigenvalue weighted by atomic mass is 16.2. The Morgan fingerprint density at radius 3 is 3.00 bits per heavy atom. The second kappa shape index (κ2) is 6.42. The van der Waals surface area contributed by atoms with E-state index < -0.39 is 0 Å². The molecule has 0 radical (unpaired) electrons. The van der Waals surface area contributed by atoms with Crippen LogP contribution >= 0.6 is 0 Å². The largest absolute Gasteiger partial charge is 0.330 e. The van der Waals surface area contributed by atoms with Crippen LogP contribution in [0.4, 0.5) is 5.95 Å². The van der Waals surface area contributed by atoms with Crippen LogP contribution in [0.25, 0.3) is 0 Å². The molecule has 1 aromatic rings. The Labute approximate surface area is 107 Å². The highest BCUT2D eigenvalue weighted by molar-refractivity contribution is 5.90. The number of piperidine rings is 1. The second-order valence-corrected chi connectivity index (χ2v) is 4.60. The van der Waals surface area contributed by atoms with Crippen LogP contribution in [0.3, 0.4) is 0 Å². The Morgan fingerprint density at radius 2 is 2.28 bits per heavy atom. The van der Waals surface area contributed by atoms with E-state index in [2.05, 4.69) is 20.2 Å². The third-order valence-corrected chi connectivity index (χ3v) is 3.12. The van der Waals surface area contributed by atoms with E-state index in [1.165, 1.54) is 0 Å². The van der Waals surface area contributed by atoms with Crippen molar-refractivity contribution in [1.82, 2.24) is 14.9 Å². The molecule has 1 aromatic heterocycles. The summed E-state index contributed by atoms with van der Waals surface area (Å²) in [6.45, 7) is 2.94. The van der Waals surface area contributed by atoms with Gasteiger partial charge >= 0.3 is 0 Å². The van der Waals surface area contributed by atoms with Gasteiger partial charge in [0.15, 0.2) is 0 Å². The molecule has 18 heavy (non-hydrogen) atoms. The van der Waals surface area contributed by atoms with Crippen molar-refractivity contribution in [1.29, 1.82) is 0 Å². The van der Waals surface area contributed by atoms with E-state index in [1.807, 2.05) is 0 Å². The van der Waals surface area contributed by atoms with Gasteiger partial charge in [0.1, 0.15) is 0 Å². The molecule has 1 amide bonds. The van der Waals surface area contributed by atoms with E-state index in [0.29, 0.717) is 25.0 Å². The fourth-order valence-electron chi connectivity index (χ4n) is 2.22. The lowest BCUT2D eigenvalue weighted by molar-refractivity contribution is -0.117. The van der Waals surface area contributed by atoms with Crippen LogP contribution in [0.5, 0.6) is 0 Å². The number of anilines is 1. The quantitative estimate of drug-likeness (QED) is 0.790. The fraction of sp³-hybridized carbons (Fsp3) is 0.583. The van der Waals surface area contributed by atoms with Gasteiger partial charge in [-0.05, 0) is 37.9 Å². The molecule has 0 saturated carbocycles. The van der Waals surface area contributed by atoms with Gasteiger partial charge in [-0.1, -0.05) is 0 Å². The van der Waals surface area contributed by atoms with Crippen molar-refractivity contribution in [2.24, 2.45) is 11.7 Å². The number of rotatable bonds is 4. The Bertz CT molecular complexity index is 383. The van der Waals surface area contributed by atoms with Crippen LogP contribution in [0.1, 0.15) is 12.8 Å². The number of nitrogens with one attached hydrogen (secondary N) is 1. The monoisotopic (exact) mass is 249 g/mol. The number of nitrogens with zero attached hydrogens (tertiary/aromatic N) is 3. The average molecular weight is 249 g/mol. The molecule has 0 bridgehead atoms. The van der Waals surface area contributed by atoms with Crippen LogP contribution in [-0.2, 0) is 4.79 Å². The minimum absolute atomic E-state index is 0.0705. The minimum Gasteiger partial charge on any atom is -0.330 e. The summed E-state index contributed by atoms with van der Waals surface area (Å²) < 4.78 is 0. The standard InChI is InChI=1S/C12H19N5O/c13-7-10-3-1-6-17(8-10)9-11(18)16-12-14-4-2-5-15-12/h2,4-5,10H,1,3,6-9,13H2,(H,14,15,16,18). The summed E-state index contributed by atoms with van der Waals surface area (Å²) in [6, 6.07) is 1.71. The Hall–Kier alpha value is -1.53. The van der Waals surface area contributed by atoms with Crippen molar-refractivity contribution in [3.63, 3.8) is 0 Å². The van der Waals surface area contributed by atoms with Crippen LogP contribution in [-0.4, -0.2) is 47.0 Å². The fourth-order valence-corrected chi connectivity index (χ4v) is 2.22. The van der Waals surface area contributed by atoms with Gasteiger partial charge < -0.3 is 5.73 Å². The van der Waals surface area contributed by atoms with Crippen molar-refractivity contribution < 1.29 is 4.79 Å². The van der Waals surface area contributed by atoms with E-state index in [4.69, 9.17) is 5.73 Å². The number of amides is 1. The molecule has 3 N–H and O–H groups in total. The van der Waals surface area contributed by atoms with Crippen LogP contribution in [0.15, 0.2) is 18.5 Å². The van der Waals surface area contributed by atoms with Crippen molar-refractivity contribution in [2.45, 2.75) is 12.8 Å². The lowest BCUT2D eigenvalue weighted by atomic mass is 9.98. The molecule has 0 aliphatic carbocycles. The SMILES string of the molecule is NCC1CCCN(CC(=O)Nc2ncccn2)C1. The number of likely N-dealkylation sites (tertiary alicyclic amines) is 1. The van der Waals surface area contributed by atoms with E-state index >= 15 is 0 Å². The minimum atomic E-state index is -0.0705. The predicted molar refractivity (Wildman–Crippen MR) is 68.9 cm³/mol. The highest BCUT2D eigenvalue weighted by Gasteiger charge is 2.20. The molecule has 0 spiro atoms. The predicted octanol–water partition coefficient (Wildman–Crippen LogP) is 0.0858. The number of hydrogen-bond acceptors (Lipinski definition) is 5. The molecule has 2 heterocycles. The maximum atomic E-state index is 11.8. The number of aromatic nitrogens is 2. The van der Waals surface area contributed by atoms with Gasteiger partial charge in [-0.25, -0.2) is 9.97 Å². The Morgan fingerprint density at radius 1 is 1.50 bits per heavy atom. The molecule has 1 aliphatic rings. The molecule has 1 atom stereocenters. The first-order chi connectivity index (χ1) is 8.78. The average Bonchev–Trinajstić information content (AvgIpc) is 2.40. The van der Waals surface area contributed by atoms with Crippen LogP contribution in [0.2, 0.25) is 0 Å². The molecular formula is C12H19N5O. The summed E-state index contributed by atoms with van der Waals surface area (Å²) in [5.74, 6) is 0.799. The zero-order chi connectivity index (χ0) is 12.8. The summed E-state index contributed by atoms with van der Waals surface area (Å²) in [7, 11) is 0. The lowest BCUT2D eigenvalue weighted by Gasteiger charge is -2.31. The first-order valence-electron chi connectivity index (χ1n) is 6.27. The summed E-state index contributed by atoms with van der Waals surface area (Å²) in [5, 5.41) is 2.69. The molecule has 6 heteroatoms. The number of hydrogen-bond donors (Lipinski definition) is 2. The molecule has 2 rings (SSSR count). The normalized spacial score (nSPS) is 20.6. The molecule has 1 saturated heterocycles. The van der Waals surface area contributed by atoms with Gasteiger partial charge in [0.2, 0.25) is 11.9 Å². The van der Waals surface area contributed by atoms with Crippen LogP contribution < -0.4 is 11.1 Å². The highest BCUT2D eigenvalue weighted by Crippen LogP contribution is 2.14. The van der Waals surface area contributed by atoms with Gasteiger partial charge in [0, 0.05) is 18.9 Å². The van der Waals surface area contributed by atoms with E-state index in [-0.39, 0.29) is 5.91 Å². The third-order valence-electron chi connectivity index (χ3n) is 3.12. The van der Waals surface area contributed by atoms with Crippen molar-refractivity contribution in [3.05, 3.63) is 18.5 Å². The maximum Gasteiger partial charge on any atom is 0.240 e. The van der Waals surface area contributed by atoms with Gasteiger partial charge in [-0.15, -0.1) is 0 Å². The molecule has 1 aliphatic heterocycles. The van der Waals surface area contributed by atoms with Gasteiger partial charge in [0.25, 0.3) is 0 Å². The summed E-state index contributed by atoms with van der Waals surface area (Å²) in [4.78, 5) is 21.9. The number of carbonyl (C=O) groups excluding carboxylic acids is 1. The summed E-state index contributed by atoms with van der Waals surface area (Å²) in [6.07, 6.45) is 5.48. The Kier molecular flexibility index (Phi) is 4.60. The maximum absolute atomic E-state index is 11.8. The Balaban J connectivity index is 1.80. The van der Waals surface area contributed by atoms with Crippen molar-refractivity contribution in [2.75, 3.05) is 31.5 Å². The first kappa shape index (κ1) is 12.9. The molecule has 0 aromatic carbocycles. The van der Waals surface area contributed by atoms with E-state index in [0.717, 1.165) is 25.9 Å². The topological polar surface area (TPSA) is 84.1 Å². The molecule has 1 fully saturated rings. The summed E-state index contributed by atoms with van der Waals surface area (Å²) >= 11 is 0. The van der Waals surface area contributed by atoms with E-state index in [1.54, 1.807) is 18.5 Å². The van der Waals surface area contributed by atoms with Gasteiger partial charge in [-0.3, -0.25) is 15.0 Å².